The third-order valence-corrected chi connectivity index (χ3v) is 1.43. The fourth-order valence-corrected chi connectivity index (χ4v) is 0.893. The zero-order chi connectivity index (χ0) is 11.7. The summed E-state index contributed by atoms with van der Waals surface area (Å²) in [6.45, 7) is 7.61. The maximum absolute atomic E-state index is 8.47. The van der Waals surface area contributed by atoms with Crippen molar-refractivity contribution in [3.63, 3.8) is 0 Å². The van der Waals surface area contributed by atoms with Crippen molar-refractivity contribution in [3.8, 4) is 6.19 Å². The van der Waals surface area contributed by atoms with Gasteiger partial charge in [-0.3, -0.25) is 0 Å². The maximum Gasteiger partial charge on any atom is 0.179 e. The Bertz CT molecular complexity index is 287. The molecule has 0 spiro atoms. The average molecular weight is 220 g/mol. The molecule has 0 fully saturated rings. The Hall–Kier alpha value is -1.27. The fraction of sp³-hybridized carbons (Fsp3) is 0.417. The van der Waals surface area contributed by atoms with Crippen LogP contribution in [0.25, 0.3) is 0 Å². The van der Waals surface area contributed by atoms with Crippen molar-refractivity contribution in [1.82, 2.24) is 4.90 Å². The predicted octanol–water partition coefficient (Wildman–Crippen LogP) is 2.70. The highest BCUT2D eigenvalue weighted by Gasteiger charge is 1.93. The molecule has 0 saturated heterocycles. The lowest BCUT2D eigenvalue weighted by atomic mass is 10.2. The molecule has 0 amide bonds. The molecule has 0 atom stereocenters. The molecule has 0 aliphatic carbocycles. The van der Waals surface area contributed by atoms with Gasteiger partial charge in [-0.1, -0.05) is 50.0 Å². The van der Waals surface area contributed by atoms with Crippen LogP contribution in [-0.2, 0) is 6.54 Å². The first-order valence-electron chi connectivity index (χ1n) is 5.21. The molecule has 0 N–H and O–H groups in total. The summed E-state index contributed by atoms with van der Waals surface area (Å²) in [5.74, 6) is 0. The summed E-state index contributed by atoms with van der Waals surface area (Å²) in [6, 6.07) is 9.93. The minimum atomic E-state index is -0.139. The predicted molar refractivity (Wildman–Crippen MR) is 68.3 cm³/mol. The minimum absolute atomic E-state index is 0.139. The smallest absolute Gasteiger partial charge is 0.179 e. The zero-order valence-electron chi connectivity index (χ0n) is 10.1. The zero-order valence-corrected chi connectivity index (χ0v) is 11.2. The first-order chi connectivity index (χ1) is 7.06. The van der Waals surface area contributed by atoms with Crippen molar-refractivity contribution in [1.29, 1.82) is 5.26 Å². The van der Waals surface area contributed by atoms with Crippen molar-refractivity contribution >= 4 is 8.80 Å². The molecule has 0 unspecified atom stereocenters. The van der Waals surface area contributed by atoms with Gasteiger partial charge < -0.3 is 4.90 Å². The number of nitriles is 1. The van der Waals surface area contributed by atoms with Gasteiger partial charge in [0.25, 0.3) is 0 Å². The van der Waals surface area contributed by atoms with Crippen molar-refractivity contribution in [2.24, 2.45) is 0 Å². The van der Waals surface area contributed by atoms with Gasteiger partial charge in [-0.15, -0.1) is 0 Å². The van der Waals surface area contributed by atoms with Gasteiger partial charge in [-0.25, -0.2) is 0 Å². The van der Waals surface area contributed by atoms with Crippen molar-refractivity contribution < 1.29 is 0 Å². The van der Waals surface area contributed by atoms with Crippen LogP contribution in [0.5, 0.6) is 0 Å². The largest absolute Gasteiger partial charge is 0.309 e. The maximum atomic E-state index is 8.47. The first-order valence-corrected chi connectivity index (χ1v) is 8.67. The van der Waals surface area contributed by atoms with E-state index in [2.05, 4.69) is 19.6 Å². The van der Waals surface area contributed by atoms with E-state index >= 15 is 0 Å². The monoisotopic (exact) mass is 220 g/mol. The summed E-state index contributed by atoms with van der Waals surface area (Å²) >= 11 is 0. The van der Waals surface area contributed by atoms with Crippen LogP contribution in [0.4, 0.5) is 0 Å². The van der Waals surface area contributed by atoms with Gasteiger partial charge in [0.2, 0.25) is 0 Å². The van der Waals surface area contributed by atoms with Gasteiger partial charge >= 0.3 is 0 Å². The molecule has 0 aliphatic rings. The number of rotatable bonds is 2. The Morgan fingerprint density at radius 2 is 1.67 bits per heavy atom. The molecule has 0 heterocycles. The molecule has 0 aromatic heterocycles. The Morgan fingerprint density at radius 3 is 2.07 bits per heavy atom. The van der Waals surface area contributed by atoms with Crippen LogP contribution in [0.1, 0.15) is 5.56 Å². The van der Waals surface area contributed by atoms with E-state index in [1.54, 1.807) is 11.9 Å². The van der Waals surface area contributed by atoms with Crippen molar-refractivity contribution in [3.05, 3.63) is 35.9 Å². The lowest BCUT2D eigenvalue weighted by Gasteiger charge is -2.07. The van der Waals surface area contributed by atoms with Gasteiger partial charge in [0.1, 0.15) is 0 Å². The minimum Gasteiger partial charge on any atom is -0.309 e. The van der Waals surface area contributed by atoms with Gasteiger partial charge in [0, 0.05) is 15.8 Å². The Balaban J connectivity index is 0.000000423. The van der Waals surface area contributed by atoms with Crippen LogP contribution in [0.3, 0.4) is 0 Å². The van der Waals surface area contributed by atoms with Crippen LogP contribution in [-0.4, -0.2) is 20.7 Å². The third kappa shape index (κ3) is 9.04. The first kappa shape index (κ1) is 13.7. The molecular weight excluding hydrogens is 200 g/mol. The number of nitrogens with zero attached hydrogens (tertiary/aromatic N) is 2. The summed E-state index contributed by atoms with van der Waals surface area (Å²) in [5.41, 5.74) is 1.16. The summed E-state index contributed by atoms with van der Waals surface area (Å²) in [5, 5.41) is 8.47. The van der Waals surface area contributed by atoms with E-state index in [0.29, 0.717) is 6.54 Å². The lowest BCUT2D eigenvalue weighted by Crippen LogP contribution is -2.09. The van der Waals surface area contributed by atoms with Gasteiger partial charge in [0.15, 0.2) is 6.19 Å². The van der Waals surface area contributed by atoms with E-state index in [-0.39, 0.29) is 8.80 Å². The fourth-order valence-electron chi connectivity index (χ4n) is 0.893. The molecule has 1 rings (SSSR count). The number of benzene rings is 1. The Labute approximate surface area is 94.8 Å². The van der Waals surface area contributed by atoms with E-state index < -0.39 is 0 Å². The Kier molecular flexibility index (Phi) is 7.38. The molecule has 0 aliphatic heterocycles. The quantitative estimate of drug-likeness (QED) is 0.435. The second-order valence-corrected chi connectivity index (χ2v) is 7.64. The van der Waals surface area contributed by atoms with E-state index in [4.69, 9.17) is 5.26 Å². The summed E-state index contributed by atoms with van der Waals surface area (Å²) in [6.07, 6.45) is 2.05. The summed E-state index contributed by atoms with van der Waals surface area (Å²) < 4.78 is 0. The van der Waals surface area contributed by atoms with E-state index in [9.17, 15) is 0 Å². The molecule has 3 heteroatoms. The molecule has 15 heavy (non-hydrogen) atoms. The molecular formula is C12H20N2Si. The average Bonchev–Trinajstić information content (AvgIpc) is 2.18. The van der Waals surface area contributed by atoms with E-state index in [1.165, 1.54) is 0 Å². The molecule has 0 radical (unpaired) electrons. The summed E-state index contributed by atoms with van der Waals surface area (Å²) in [7, 11) is 1.63. The van der Waals surface area contributed by atoms with Crippen LogP contribution in [0, 0.1) is 11.5 Å². The van der Waals surface area contributed by atoms with Gasteiger partial charge in [-0.2, -0.15) is 5.26 Å². The van der Waals surface area contributed by atoms with Crippen LogP contribution in [0.2, 0.25) is 19.6 Å². The van der Waals surface area contributed by atoms with Crippen LogP contribution >= 0.6 is 0 Å². The number of hydrogen-bond donors (Lipinski definition) is 0. The molecule has 0 bridgehead atoms. The van der Waals surface area contributed by atoms with Gasteiger partial charge in [0.05, 0.1) is 6.54 Å². The normalized spacial score (nSPS) is 8.80. The van der Waals surface area contributed by atoms with Crippen molar-refractivity contribution in [2.75, 3.05) is 7.05 Å². The Morgan fingerprint density at radius 1 is 1.20 bits per heavy atom. The standard InChI is InChI=1S/C9H10N2.C3H10Si/c1-11(8-10)7-9-5-3-2-4-6-9;1-4(2)3/h2-6H,7H2,1H3;4H,1-3H3. The molecule has 2 nitrogen and oxygen atoms in total. The number of hydrogen-bond acceptors (Lipinski definition) is 2. The molecule has 0 saturated carbocycles. The van der Waals surface area contributed by atoms with Crippen LogP contribution < -0.4 is 0 Å². The molecule has 1 aromatic rings. The van der Waals surface area contributed by atoms with Gasteiger partial charge in [-0.05, 0) is 5.56 Å². The highest BCUT2D eigenvalue weighted by molar-refractivity contribution is 6.54. The highest BCUT2D eigenvalue weighted by atomic mass is 28.3. The highest BCUT2D eigenvalue weighted by Crippen LogP contribution is 2.00. The van der Waals surface area contributed by atoms with E-state index in [0.717, 1.165) is 5.56 Å². The van der Waals surface area contributed by atoms with Crippen LogP contribution in [0.15, 0.2) is 30.3 Å². The molecule has 1 aromatic carbocycles. The van der Waals surface area contributed by atoms with E-state index in [1.807, 2.05) is 36.5 Å². The SMILES string of the molecule is CN(C#N)Cc1ccccc1.C[SiH](C)C. The third-order valence-electron chi connectivity index (χ3n) is 1.43. The summed E-state index contributed by atoms with van der Waals surface area (Å²) in [4.78, 5) is 1.59. The second kappa shape index (κ2) is 8.07. The second-order valence-electron chi connectivity index (χ2n) is 4.17. The topological polar surface area (TPSA) is 27.0 Å². The molecule has 82 valence electrons. The lowest BCUT2D eigenvalue weighted by molar-refractivity contribution is 0.469. The van der Waals surface area contributed by atoms with Crippen molar-refractivity contribution in [2.45, 2.75) is 26.2 Å².